The Hall–Kier alpha value is -2.96. The van der Waals surface area contributed by atoms with Crippen LogP contribution in [0.5, 0.6) is 11.5 Å². The first-order valence-electron chi connectivity index (χ1n) is 16.0. The van der Waals surface area contributed by atoms with E-state index in [4.69, 9.17) is 14.2 Å². The molecule has 0 spiro atoms. The number of carbonyl (C=O) groups excluding carboxylic acids is 2. The summed E-state index contributed by atoms with van der Waals surface area (Å²) in [6, 6.07) is 11.5. The molecule has 2 aromatic carbocycles. The Morgan fingerprint density at radius 3 is 2.26 bits per heavy atom. The van der Waals surface area contributed by atoms with Crippen molar-refractivity contribution in [2.24, 2.45) is 5.92 Å². The standard InChI is InChI=1S/C35H48F2O5/c1-3-5-7-8-9-10-24-40-33-23-18-28(25-32(33)37)34(38)41-29-19-14-26(15-20-29)12-13-27-16-21-30(22-17-27)42-35(39)31(36)11-6-4-2/h14-15,18-20,23,25,27,30-31H,3-13,16-17,21-22,24H2,1-2H3/t27?,30?,31-/m0/s1. The van der Waals surface area contributed by atoms with Crippen molar-refractivity contribution in [1.29, 1.82) is 0 Å². The van der Waals surface area contributed by atoms with Crippen LogP contribution < -0.4 is 9.47 Å². The third-order valence-electron chi connectivity index (χ3n) is 8.04. The molecule has 0 radical (unpaired) electrons. The number of hydrogen-bond acceptors (Lipinski definition) is 5. The molecule has 232 valence electrons. The summed E-state index contributed by atoms with van der Waals surface area (Å²) in [7, 11) is 0. The van der Waals surface area contributed by atoms with Gasteiger partial charge in [0.1, 0.15) is 11.9 Å². The maximum absolute atomic E-state index is 14.5. The number of unbranched alkanes of at least 4 members (excludes halogenated alkanes) is 6. The molecule has 0 bridgehead atoms. The van der Waals surface area contributed by atoms with Crippen LogP contribution in [0.2, 0.25) is 0 Å². The van der Waals surface area contributed by atoms with Crippen molar-refractivity contribution in [2.75, 3.05) is 6.61 Å². The number of benzene rings is 2. The molecule has 3 rings (SSSR count). The maximum Gasteiger partial charge on any atom is 0.343 e. The van der Waals surface area contributed by atoms with Crippen LogP contribution in [0.1, 0.15) is 120 Å². The quantitative estimate of drug-likeness (QED) is 0.0989. The van der Waals surface area contributed by atoms with E-state index in [1.807, 2.05) is 19.1 Å². The van der Waals surface area contributed by atoms with Crippen LogP contribution in [-0.4, -0.2) is 30.8 Å². The van der Waals surface area contributed by atoms with Gasteiger partial charge in [0, 0.05) is 0 Å². The second kappa shape index (κ2) is 18.6. The van der Waals surface area contributed by atoms with E-state index >= 15 is 0 Å². The second-order valence-electron chi connectivity index (χ2n) is 11.5. The molecule has 1 fully saturated rings. The van der Waals surface area contributed by atoms with Gasteiger partial charge in [-0.3, -0.25) is 0 Å². The predicted octanol–water partition coefficient (Wildman–Crippen LogP) is 9.35. The Bertz CT molecular complexity index is 1080. The fourth-order valence-electron chi connectivity index (χ4n) is 5.35. The van der Waals surface area contributed by atoms with Crippen molar-refractivity contribution < 1.29 is 32.6 Å². The van der Waals surface area contributed by atoms with Crippen molar-refractivity contribution in [1.82, 2.24) is 0 Å². The summed E-state index contributed by atoms with van der Waals surface area (Å²) in [6.07, 6.45) is 12.2. The largest absolute Gasteiger partial charge is 0.491 e. The molecule has 1 atom stereocenters. The molecule has 0 saturated heterocycles. The van der Waals surface area contributed by atoms with Crippen molar-refractivity contribution in [3.8, 4) is 11.5 Å². The summed E-state index contributed by atoms with van der Waals surface area (Å²) >= 11 is 0. The van der Waals surface area contributed by atoms with Gasteiger partial charge in [0.05, 0.1) is 12.2 Å². The molecular formula is C35H48F2O5. The summed E-state index contributed by atoms with van der Waals surface area (Å²) in [4.78, 5) is 24.5. The summed E-state index contributed by atoms with van der Waals surface area (Å²) in [5.74, 6) is -0.814. The van der Waals surface area contributed by atoms with Gasteiger partial charge >= 0.3 is 11.9 Å². The third-order valence-corrected chi connectivity index (χ3v) is 8.04. The van der Waals surface area contributed by atoms with Gasteiger partial charge in [0.15, 0.2) is 17.7 Å². The fourth-order valence-corrected chi connectivity index (χ4v) is 5.35. The average Bonchev–Trinajstić information content (AvgIpc) is 3.00. The molecule has 0 unspecified atom stereocenters. The summed E-state index contributed by atoms with van der Waals surface area (Å²) in [5, 5.41) is 0. The van der Waals surface area contributed by atoms with Crippen LogP contribution >= 0.6 is 0 Å². The Morgan fingerprint density at radius 1 is 0.881 bits per heavy atom. The minimum Gasteiger partial charge on any atom is -0.491 e. The van der Waals surface area contributed by atoms with Crippen LogP contribution in [0, 0.1) is 11.7 Å². The van der Waals surface area contributed by atoms with Gasteiger partial charge in [-0.1, -0.05) is 70.9 Å². The monoisotopic (exact) mass is 586 g/mol. The normalized spacial score (nSPS) is 17.4. The van der Waals surface area contributed by atoms with Crippen molar-refractivity contribution in [2.45, 2.75) is 122 Å². The predicted molar refractivity (Wildman–Crippen MR) is 161 cm³/mol. The van der Waals surface area contributed by atoms with Crippen LogP contribution in [0.25, 0.3) is 0 Å². The zero-order valence-electron chi connectivity index (χ0n) is 25.4. The van der Waals surface area contributed by atoms with Crippen molar-refractivity contribution >= 4 is 11.9 Å². The number of halogens is 2. The molecule has 1 aliphatic rings. The lowest BCUT2D eigenvalue weighted by molar-refractivity contribution is -0.157. The molecule has 5 nitrogen and oxygen atoms in total. The average molecular weight is 587 g/mol. The fraction of sp³-hybridized carbons (Fsp3) is 0.600. The molecule has 0 N–H and O–H groups in total. The molecule has 1 aliphatic carbocycles. The second-order valence-corrected chi connectivity index (χ2v) is 11.5. The lowest BCUT2D eigenvalue weighted by Crippen LogP contribution is -2.29. The van der Waals surface area contributed by atoms with Crippen LogP contribution in [0.4, 0.5) is 8.78 Å². The Labute approximate surface area is 250 Å². The Kier molecular flexibility index (Phi) is 14.8. The van der Waals surface area contributed by atoms with E-state index in [2.05, 4.69) is 6.92 Å². The first-order valence-corrected chi connectivity index (χ1v) is 16.0. The zero-order chi connectivity index (χ0) is 30.2. The highest BCUT2D eigenvalue weighted by Gasteiger charge is 2.27. The van der Waals surface area contributed by atoms with Crippen LogP contribution in [0.3, 0.4) is 0 Å². The SMILES string of the molecule is CCCCCCCCOc1ccc(C(=O)Oc2ccc(CCC3CCC(OC(=O)[C@@H](F)CCCC)CC3)cc2)cc1F. The van der Waals surface area contributed by atoms with Gasteiger partial charge in [-0.25, -0.2) is 18.4 Å². The molecule has 0 aromatic heterocycles. The molecule has 7 heteroatoms. The van der Waals surface area contributed by atoms with E-state index < -0.39 is 23.9 Å². The smallest absolute Gasteiger partial charge is 0.343 e. The Balaban J connectivity index is 1.35. The van der Waals surface area contributed by atoms with Gasteiger partial charge < -0.3 is 14.2 Å². The summed E-state index contributed by atoms with van der Waals surface area (Å²) in [5.41, 5.74) is 1.27. The van der Waals surface area contributed by atoms with Gasteiger partial charge in [0.2, 0.25) is 0 Å². The van der Waals surface area contributed by atoms with Gasteiger partial charge in [-0.15, -0.1) is 0 Å². The van der Waals surface area contributed by atoms with E-state index in [-0.39, 0.29) is 23.8 Å². The number of alkyl halides is 1. The van der Waals surface area contributed by atoms with Crippen LogP contribution in [-0.2, 0) is 16.0 Å². The first kappa shape index (κ1) is 33.5. The third kappa shape index (κ3) is 11.7. The highest BCUT2D eigenvalue weighted by molar-refractivity contribution is 5.91. The van der Waals surface area contributed by atoms with E-state index in [9.17, 15) is 18.4 Å². The minimum atomic E-state index is -1.51. The molecule has 2 aromatic rings. The highest BCUT2D eigenvalue weighted by Crippen LogP contribution is 2.30. The number of ether oxygens (including phenoxy) is 3. The highest BCUT2D eigenvalue weighted by atomic mass is 19.1. The van der Waals surface area contributed by atoms with Crippen molar-refractivity contribution in [3.63, 3.8) is 0 Å². The maximum atomic E-state index is 14.5. The number of carbonyl (C=O) groups is 2. The Morgan fingerprint density at radius 2 is 1.57 bits per heavy atom. The first-order chi connectivity index (χ1) is 20.4. The van der Waals surface area contributed by atoms with Crippen LogP contribution in [0.15, 0.2) is 42.5 Å². The van der Waals surface area contributed by atoms with E-state index in [1.165, 1.54) is 31.4 Å². The zero-order valence-corrected chi connectivity index (χ0v) is 25.4. The van der Waals surface area contributed by atoms with E-state index in [0.717, 1.165) is 75.8 Å². The number of esters is 2. The van der Waals surface area contributed by atoms with Gasteiger partial charge in [0.25, 0.3) is 0 Å². The lowest BCUT2D eigenvalue weighted by Gasteiger charge is -2.28. The molecular weight excluding hydrogens is 538 g/mol. The summed E-state index contributed by atoms with van der Waals surface area (Å²) < 4.78 is 44.8. The topological polar surface area (TPSA) is 61.8 Å². The molecule has 1 saturated carbocycles. The molecule has 42 heavy (non-hydrogen) atoms. The minimum absolute atomic E-state index is 0.132. The lowest BCUT2D eigenvalue weighted by atomic mass is 9.83. The summed E-state index contributed by atoms with van der Waals surface area (Å²) in [6.45, 7) is 4.61. The number of hydrogen-bond donors (Lipinski definition) is 0. The molecule has 0 aliphatic heterocycles. The number of rotatable bonds is 18. The number of aryl methyl sites for hydroxylation is 1. The molecule has 0 amide bonds. The van der Waals surface area contributed by atoms with E-state index in [1.54, 1.807) is 12.1 Å². The van der Waals surface area contributed by atoms with E-state index in [0.29, 0.717) is 24.7 Å². The van der Waals surface area contributed by atoms with Gasteiger partial charge in [-0.05, 0) is 93.2 Å². The van der Waals surface area contributed by atoms with Gasteiger partial charge in [-0.2, -0.15) is 0 Å². The molecule has 0 heterocycles. The van der Waals surface area contributed by atoms with Crippen molar-refractivity contribution in [3.05, 3.63) is 59.4 Å².